The van der Waals surface area contributed by atoms with E-state index >= 15 is 0 Å². The van der Waals surface area contributed by atoms with E-state index in [0.29, 0.717) is 23.1 Å². The molecule has 0 spiro atoms. The Morgan fingerprint density at radius 1 is 1.28 bits per heavy atom. The molecule has 1 heterocycles. The first-order valence-electron chi connectivity index (χ1n) is 6.41. The van der Waals surface area contributed by atoms with Crippen molar-refractivity contribution in [3.05, 3.63) is 23.8 Å². The van der Waals surface area contributed by atoms with Crippen LogP contribution >= 0.6 is 0 Å². The number of anilines is 2. The molecule has 0 radical (unpaired) electrons. The monoisotopic (exact) mass is 247 g/mol. The summed E-state index contributed by atoms with van der Waals surface area (Å²) in [7, 11) is 0. The molecule has 1 aliphatic rings. The predicted octanol–water partition coefficient (Wildman–Crippen LogP) is 1.85. The van der Waals surface area contributed by atoms with E-state index in [4.69, 9.17) is 11.5 Å². The standard InChI is InChI=1S/C14H21N3O/c1-9-5-10(2)8-17(7-9)13-6-11(15)3-4-12(13)14(16)18/h3-4,6,9-10H,5,7-8,15H2,1-2H3,(H2,16,18). The van der Waals surface area contributed by atoms with Crippen molar-refractivity contribution in [2.45, 2.75) is 20.3 Å². The maximum atomic E-state index is 11.5. The molecule has 1 aliphatic heterocycles. The fraction of sp³-hybridized carbons (Fsp3) is 0.500. The first-order chi connectivity index (χ1) is 8.47. The van der Waals surface area contributed by atoms with Crippen LogP contribution in [0.5, 0.6) is 0 Å². The Kier molecular flexibility index (Phi) is 3.45. The maximum absolute atomic E-state index is 11.5. The summed E-state index contributed by atoms with van der Waals surface area (Å²) in [6, 6.07) is 5.29. The van der Waals surface area contributed by atoms with Crippen molar-refractivity contribution in [2.24, 2.45) is 17.6 Å². The molecule has 2 atom stereocenters. The van der Waals surface area contributed by atoms with Crippen LogP contribution in [0.25, 0.3) is 0 Å². The van der Waals surface area contributed by atoms with E-state index in [9.17, 15) is 4.79 Å². The number of carbonyl (C=O) groups excluding carboxylic acids is 1. The Hall–Kier alpha value is -1.71. The van der Waals surface area contributed by atoms with E-state index in [-0.39, 0.29) is 0 Å². The van der Waals surface area contributed by atoms with Gasteiger partial charge >= 0.3 is 0 Å². The van der Waals surface area contributed by atoms with Crippen molar-refractivity contribution in [3.8, 4) is 0 Å². The molecule has 2 rings (SSSR count). The number of rotatable bonds is 2. The lowest BCUT2D eigenvalue weighted by Crippen LogP contribution is -2.39. The summed E-state index contributed by atoms with van der Waals surface area (Å²) in [5.74, 6) is 0.850. The molecular formula is C14H21N3O. The van der Waals surface area contributed by atoms with Gasteiger partial charge in [0.1, 0.15) is 0 Å². The van der Waals surface area contributed by atoms with Gasteiger partial charge in [-0.25, -0.2) is 0 Å². The van der Waals surface area contributed by atoms with Gasteiger partial charge in [0, 0.05) is 18.8 Å². The highest BCUT2D eigenvalue weighted by atomic mass is 16.1. The molecule has 2 unspecified atom stereocenters. The van der Waals surface area contributed by atoms with E-state index in [1.807, 2.05) is 6.07 Å². The van der Waals surface area contributed by atoms with Gasteiger partial charge in [0.05, 0.1) is 11.3 Å². The number of benzene rings is 1. The van der Waals surface area contributed by atoms with E-state index < -0.39 is 5.91 Å². The third kappa shape index (κ3) is 2.58. The van der Waals surface area contributed by atoms with Crippen LogP contribution in [0.15, 0.2) is 18.2 Å². The van der Waals surface area contributed by atoms with Gasteiger partial charge in [0.25, 0.3) is 5.91 Å². The lowest BCUT2D eigenvalue weighted by Gasteiger charge is -2.37. The minimum atomic E-state index is -0.393. The number of hydrogen-bond acceptors (Lipinski definition) is 3. The fourth-order valence-electron chi connectivity index (χ4n) is 2.88. The number of nitrogen functional groups attached to an aromatic ring is 1. The van der Waals surface area contributed by atoms with Crippen molar-refractivity contribution < 1.29 is 4.79 Å². The molecule has 18 heavy (non-hydrogen) atoms. The first-order valence-corrected chi connectivity index (χ1v) is 6.41. The number of nitrogens with zero attached hydrogens (tertiary/aromatic N) is 1. The molecule has 4 N–H and O–H groups in total. The molecule has 0 saturated carbocycles. The Labute approximate surface area is 108 Å². The van der Waals surface area contributed by atoms with Crippen molar-refractivity contribution in [2.75, 3.05) is 23.7 Å². The van der Waals surface area contributed by atoms with Crippen molar-refractivity contribution >= 4 is 17.3 Å². The van der Waals surface area contributed by atoms with Gasteiger partial charge in [-0.2, -0.15) is 0 Å². The topological polar surface area (TPSA) is 72.3 Å². The average molecular weight is 247 g/mol. The molecule has 1 amide bonds. The molecule has 1 aromatic rings. The van der Waals surface area contributed by atoms with Crippen LogP contribution in [0.2, 0.25) is 0 Å². The maximum Gasteiger partial charge on any atom is 0.250 e. The molecule has 1 aromatic carbocycles. The summed E-state index contributed by atoms with van der Waals surface area (Å²) in [5, 5.41) is 0. The third-order valence-electron chi connectivity index (χ3n) is 3.50. The second kappa shape index (κ2) is 4.88. The Bertz CT molecular complexity index is 448. The van der Waals surface area contributed by atoms with Crippen LogP contribution in [0.3, 0.4) is 0 Å². The number of amides is 1. The summed E-state index contributed by atoms with van der Waals surface area (Å²) in [5.41, 5.74) is 13.4. The number of nitrogens with two attached hydrogens (primary N) is 2. The highest BCUT2D eigenvalue weighted by Crippen LogP contribution is 2.30. The minimum absolute atomic E-state index is 0.393. The molecule has 0 aliphatic carbocycles. The van der Waals surface area contributed by atoms with Crippen LogP contribution in [0.4, 0.5) is 11.4 Å². The summed E-state index contributed by atoms with van der Waals surface area (Å²) in [6.45, 7) is 6.37. The number of piperidine rings is 1. The Morgan fingerprint density at radius 2 is 1.89 bits per heavy atom. The van der Waals surface area contributed by atoms with Gasteiger partial charge in [-0.1, -0.05) is 13.8 Å². The van der Waals surface area contributed by atoms with Gasteiger partial charge in [-0.05, 0) is 36.5 Å². The van der Waals surface area contributed by atoms with Crippen LogP contribution in [-0.2, 0) is 0 Å². The quantitative estimate of drug-likeness (QED) is 0.783. The molecule has 1 saturated heterocycles. The highest BCUT2D eigenvalue weighted by Gasteiger charge is 2.24. The molecule has 0 bridgehead atoms. The predicted molar refractivity (Wildman–Crippen MR) is 74.5 cm³/mol. The summed E-state index contributed by atoms with van der Waals surface area (Å²) in [6.07, 6.45) is 1.23. The molecule has 1 fully saturated rings. The highest BCUT2D eigenvalue weighted by molar-refractivity contribution is 5.99. The lowest BCUT2D eigenvalue weighted by atomic mass is 9.91. The van der Waals surface area contributed by atoms with Crippen molar-refractivity contribution in [3.63, 3.8) is 0 Å². The van der Waals surface area contributed by atoms with Crippen LogP contribution in [-0.4, -0.2) is 19.0 Å². The third-order valence-corrected chi connectivity index (χ3v) is 3.50. The van der Waals surface area contributed by atoms with E-state index in [0.717, 1.165) is 18.8 Å². The Balaban J connectivity index is 2.36. The van der Waals surface area contributed by atoms with Crippen molar-refractivity contribution in [1.29, 1.82) is 0 Å². The molecular weight excluding hydrogens is 226 g/mol. The number of primary amides is 1. The zero-order chi connectivity index (χ0) is 13.3. The minimum Gasteiger partial charge on any atom is -0.399 e. The Morgan fingerprint density at radius 3 is 2.44 bits per heavy atom. The normalized spacial score (nSPS) is 24.0. The summed E-state index contributed by atoms with van der Waals surface area (Å²) < 4.78 is 0. The summed E-state index contributed by atoms with van der Waals surface area (Å²) in [4.78, 5) is 13.7. The molecule has 4 nitrogen and oxygen atoms in total. The summed E-state index contributed by atoms with van der Waals surface area (Å²) >= 11 is 0. The van der Waals surface area contributed by atoms with E-state index in [1.165, 1.54) is 6.42 Å². The van der Waals surface area contributed by atoms with Gasteiger partial charge < -0.3 is 16.4 Å². The second-order valence-electron chi connectivity index (χ2n) is 5.49. The first kappa shape index (κ1) is 12.7. The van der Waals surface area contributed by atoms with Crippen molar-refractivity contribution in [1.82, 2.24) is 0 Å². The van der Waals surface area contributed by atoms with Crippen LogP contribution in [0, 0.1) is 11.8 Å². The zero-order valence-corrected chi connectivity index (χ0v) is 11.0. The largest absolute Gasteiger partial charge is 0.399 e. The lowest BCUT2D eigenvalue weighted by molar-refractivity contribution is 0.100. The average Bonchev–Trinajstić information content (AvgIpc) is 2.27. The number of carbonyl (C=O) groups is 1. The molecule has 98 valence electrons. The van der Waals surface area contributed by atoms with Gasteiger partial charge in [-0.3, -0.25) is 4.79 Å². The van der Waals surface area contributed by atoms with Crippen LogP contribution in [0.1, 0.15) is 30.6 Å². The molecule has 4 heteroatoms. The second-order valence-corrected chi connectivity index (χ2v) is 5.49. The van der Waals surface area contributed by atoms with E-state index in [1.54, 1.807) is 12.1 Å². The van der Waals surface area contributed by atoms with Gasteiger partial charge in [-0.15, -0.1) is 0 Å². The molecule has 0 aromatic heterocycles. The van der Waals surface area contributed by atoms with E-state index in [2.05, 4.69) is 18.7 Å². The van der Waals surface area contributed by atoms with Gasteiger partial charge in [0.2, 0.25) is 0 Å². The number of hydrogen-bond donors (Lipinski definition) is 2. The zero-order valence-electron chi connectivity index (χ0n) is 11.0. The smallest absolute Gasteiger partial charge is 0.250 e. The van der Waals surface area contributed by atoms with Crippen LogP contribution < -0.4 is 16.4 Å². The van der Waals surface area contributed by atoms with Gasteiger partial charge in [0.15, 0.2) is 0 Å². The SMILES string of the molecule is CC1CC(C)CN(c2cc(N)ccc2C(N)=O)C1. The fourth-order valence-corrected chi connectivity index (χ4v) is 2.88.